The van der Waals surface area contributed by atoms with E-state index in [1.807, 2.05) is 0 Å². The number of hydrogen-bond donors (Lipinski definition) is 1. The van der Waals surface area contributed by atoms with Gasteiger partial charge in [0.25, 0.3) is 0 Å². The maximum absolute atomic E-state index is 11.8. The van der Waals surface area contributed by atoms with Crippen molar-refractivity contribution in [3.63, 3.8) is 0 Å². The van der Waals surface area contributed by atoms with Crippen molar-refractivity contribution in [2.24, 2.45) is 0 Å². The molecule has 0 aliphatic heterocycles. The maximum atomic E-state index is 11.8. The highest BCUT2D eigenvalue weighted by molar-refractivity contribution is 7.90. The van der Waals surface area contributed by atoms with E-state index in [2.05, 4.69) is 0 Å². The van der Waals surface area contributed by atoms with Gasteiger partial charge in [0.2, 0.25) is 0 Å². The predicted molar refractivity (Wildman–Crippen MR) is 76.8 cm³/mol. The van der Waals surface area contributed by atoms with E-state index in [0.29, 0.717) is 5.56 Å². The highest BCUT2D eigenvalue weighted by Crippen LogP contribution is 2.17. The standard InChI is InChI=1S/C15H14O5S/c1-21(18,19)12-8-6-11(7-9-12)10-20-15(17)13-4-2-3-5-14(13)16/h2-9,16H,10H2,1H3. The number of sulfone groups is 1. The second kappa shape index (κ2) is 5.97. The third-order valence-electron chi connectivity index (χ3n) is 2.85. The minimum atomic E-state index is -3.24. The van der Waals surface area contributed by atoms with Crippen molar-refractivity contribution in [1.29, 1.82) is 0 Å². The molecule has 0 bridgehead atoms. The van der Waals surface area contributed by atoms with Crippen molar-refractivity contribution in [2.45, 2.75) is 11.5 Å². The monoisotopic (exact) mass is 306 g/mol. The lowest BCUT2D eigenvalue weighted by Crippen LogP contribution is -2.05. The Morgan fingerprint density at radius 2 is 1.71 bits per heavy atom. The summed E-state index contributed by atoms with van der Waals surface area (Å²) in [5.74, 6) is -0.782. The molecular weight excluding hydrogens is 292 g/mol. The van der Waals surface area contributed by atoms with Crippen LogP contribution in [0.2, 0.25) is 0 Å². The molecular formula is C15H14O5S. The third-order valence-corrected chi connectivity index (χ3v) is 3.97. The molecule has 0 heterocycles. The molecule has 2 rings (SSSR count). The van der Waals surface area contributed by atoms with E-state index in [9.17, 15) is 18.3 Å². The number of para-hydroxylation sites is 1. The average molecular weight is 306 g/mol. The van der Waals surface area contributed by atoms with E-state index in [-0.39, 0.29) is 22.8 Å². The Morgan fingerprint density at radius 1 is 1.10 bits per heavy atom. The number of rotatable bonds is 4. The van der Waals surface area contributed by atoms with Gasteiger partial charge in [-0.2, -0.15) is 0 Å². The van der Waals surface area contributed by atoms with Gasteiger partial charge in [-0.15, -0.1) is 0 Å². The van der Waals surface area contributed by atoms with Crippen molar-refractivity contribution in [1.82, 2.24) is 0 Å². The summed E-state index contributed by atoms with van der Waals surface area (Å²) in [6.45, 7) is -0.00277. The maximum Gasteiger partial charge on any atom is 0.342 e. The summed E-state index contributed by atoms with van der Waals surface area (Å²) >= 11 is 0. The van der Waals surface area contributed by atoms with Crippen LogP contribution in [0.5, 0.6) is 5.75 Å². The summed E-state index contributed by atoms with van der Waals surface area (Å²) in [4.78, 5) is 12.0. The molecule has 0 saturated carbocycles. The fourth-order valence-corrected chi connectivity index (χ4v) is 2.34. The van der Waals surface area contributed by atoms with Crippen molar-refractivity contribution >= 4 is 15.8 Å². The normalized spacial score (nSPS) is 11.1. The minimum absolute atomic E-state index is 0.00277. The summed E-state index contributed by atoms with van der Waals surface area (Å²) in [6, 6.07) is 12.2. The molecule has 0 unspecified atom stereocenters. The molecule has 1 N–H and O–H groups in total. The molecule has 6 heteroatoms. The number of phenolic OH excluding ortho intramolecular Hbond substituents is 1. The molecule has 2 aromatic carbocycles. The zero-order chi connectivity index (χ0) is 15.5. The largest absolute Gasteiger partial charge is 0.507 e. The topological polar surface area (TPSA) is 80.7 Å². The van der Waals surface area contributed by atoms with E-state index < -0.39 is 15.8 Å². The van der Waals surface area contributed by atoms with Crippen LogP contribution in [0.15, 0.2) is 53.4 Å². The van der Waals surface area contributed by atoms with E-state index in [1.54, 1.807) is 24.3 Å². The Balaban J connectivity index is 2.04. The molecule has 0 radical (unpaired) electrons. The molecule has 0 aromatic heterocycles. The quantitative estimate of drug-likeness (QED) is 0.875. The molecule has 0 amide bonds. The van der Waals surface area contributed by atoms with E-state index in [1.165, 1.54) is 24.3 Å². The molecule has 0 fully saturated rings. The lowest BCUT2D eigenvalue weighted by molar-refractivity contribution is 0.0469. The lowest BCUT2D eigenvalue weighted by atomic mass is 10.2. The van der Waals surface area contributed by atoms with Crippen LogP contribution in [0.4, 0.5) is 0 Å². The highest BCUT2D eigenvalue weighted by Gasteiger charge is 2.12. The molecule has 0 aliphatic rings. The lowest BCUT2D eigenvalue weighted by Gasteiger charge is -2.07. The SMILES string of the molecule is CS(=O)(=O)c1ccc(COC(=O)c2ccccc2O)cc1. The van der Waals surface area contributed by atoms with Gasteiger partial charge in [-0.25, -0.2) is 13.2 Å². The highest BCUT2D eigenvalue weighted by atomic mass is 32.2. The Kier molecular flexibility index (Phi) is 4.28. The summed E-state index contributed by atoms with van der Waals surface area (Å²) in [7, 11) is -3.24. The summed E-state index contributed by atoms with van der Waals surface area (Å²) in [5.41, 5.74) is 0.747. The Bertz CT molecular complexity index is 748. The van der Waals surface area contributed by atoms with Gasteiger partial charge in [0.05, 0.1) is 4.90 Å². The zero-order valence-corrected chi connectivity index (χ0v) is 12.1. The first-order valence-corrected chi connectivity index (χ1v) is 8.01. The van der Waals surface area contributed by atoms with Crippen LogP contribution in [0.1, 0.15) is 15.9 Å². The fraction of sp³-hybridized carbons (Fsp3) is 0.133. The van der Waals surface area contributed by atoms with Gasteiger partial charge < -0.3 is 9.84 Å². The second-order valence-corrected chi connectivity index (χ2v) is 6.53. The van der Waals surface area contributed by atoms with Gasteiger partial charge in [-0.05, 0) is 29.8 Å². The van der Waals surface area contributed by atoms with Crippen molar-refractivity contribution in [3.8, 4) is 5.75 Å². The van der Waals surface area contributed by atoms with Crippen LogP contribution < -0.4 is 0 Å². The Labute approximate surface area is 122 Å². The van der Waals surface area contributed by atoms with Gasteiger partial charge in [0.1, 0.15) is 17.9 Å². The minimum Gasteiger partial charge on any atom is -0.507 e. The van der Waals surface area contributed by atoms with Gasteiger partial charge in [0.15, 0.2) is 9.84 Å². The average Bonchev–Trinajstić information content (AvgIpc) is 2.45. The summed E-state index contributed by atoms with van der Waals surface area (Å²) in [6.07, 6.45) is 1.13. The molecule has 0 saturated heterocycles. The molecule has 5 nitrogen and oxygen atoms in total. The van der Waals surface area contributed by atoms with Crippen LogP contribution in [-0.4, -0.2) is 25.7 Å². The first-order chi connectivity index (χ1) is 9.88. The number of benzene rings is 2. The van der Waals surface area contributed by atoms with E-state index in [0.717, 1.165) is 6.26 Å². The predicted octanol–water partition coefficient (Wildman–Crippen LogP) is 2.15. The van der Waals surface area contributed by atoms with Gasteiger partial charge in [-0.3, -0.25) is 0 Å². The van der Waals surface area contributed by atoms with E-state index >= 15 is 0 Å². The summed E-state index contributed by atoms with van der Waals surface area (Å²) < 4.78 is 27.7. The molecule has 2 aromatic rings. The second-order valence-electron chi connectivity index (χ2n) is 4.51. The molecule has 0 atom stereocenters. The van der Waals surface area contributed by atoms with Crippen molar-refractivity contribution < 1.29 is 23.1 Å². The van der Waals surface area contributed by atoms with Gasteiger partial charge in [-0.1, -0.05) is 24.3 Å². The Hall–Kier alpha value is -2.34. The number of hydrogen-bond acceptors (Lipinski definition) is 5. The smallest absolute Gasteiger partial charge is 0.342 e. The van der Waals surface area contributed by atoms with Gasteiger partial charge >= 0.3 is 5.97 Å². The first kappa shape index (κ1) is 15.1. The van der Waals surface area contributed by atoms with Crippen LogP contribution >= 0.6 is 0 Å². The first-order valence-electron chi connectivity index (χ1n) is 6.12. The number of ether oxygens (including phenoxy) is 1. The van der Waals surface area contributed by atoms with Crippen LogP contribution in [0, 0.1) is 0 Å². The fourth-order valence-electron chi connectivity index (χ4n) is 1.71. The number of carbonyl (C=O) groups excluding carboxylic acids is 1. The Morgan fingerprint density at radius 3 is 2.29 bits per heavy atom. The number of aromatic hydroxyl groups is 1. The van der Waals surface area contributed by atoms with Crippen molar-refractivity contribution in [2.75, 3.05) is 6.26 Å². The summed E-state index contributed by atoms with van der Waals surface area (Å²) in [5, 5.41) is 9.54. The zero-order valence-electron chi connectivity index (χ0n) is 11.3. The van der Waals surface area contributed by atoms with Crippen LogP contribution in [-0.2, 0) is 21.2 Å². The van der Waals surface area contributed by atoms with Crippen LogP contribution in [0.25, 0.3) is 0 Å². The van der Waals surface area contributed by atoms with E-state index in [4.69, 9.17) is 4.74 Å². The molecule has 0 spiro atoms. The van der Waals surface area contributed by atoms with Crippen LogP contribution in [0.3, 0.4) is 0 Å². The van der Waals surface area contributed by atoms with Crippen molar-refractivity contribution in [3.05, 3.63) is 59.7 Å². The molecule has 110 valence electrons. The number of carbonyl (C=O) groups is 1. The molecule has 0 aliphatic carbocycles. The van der Waals surface area contributed by atoms with Gasteiger partial charge in [0, 0.05) is 6.26 Å². The molecule has 21 heavy (non-hydrogen) atoms. The number of phenols is 1. The third kappa shape index (κ3) is 3.82. The number of esters is 1.